The minimum absolute atomic E-state index is 0.112. The van der Waals surface area contributed by atoms with E-state index in [4.69, 9.17) is 14.6 Å². The molecule has 0 aromatic rings. The quantitative estimate of drug-likeness (QED) is 0.863. The maximum atomic E-state index is 12.0. The second-order valence-corrected chi connectivity index (χ2v) is 7.58. The number of hydrogen-bond acceptors (Lipinski definition) is 4. The van der Waals surface area contributed by atoms with Gasteiger partial charge in [0.05, 0.1) is 24.2 Å². The van der Waals surface area contributed by atoms with E-state index in [1.54, 1.807) is 18.7 Å². The summed E-state index contributed by atoms with van der Waals surface area (Å²) in [5.41, 5.74) is -1.99. The number of likely N-dealkylation sites (tertiary alicyclic amines) is 1. The van der Waals surface area contributed by atoms with Crippen LogP contribution < -0.4 is 0 Å². The third-order valence-corrected chi connectivity index (χ3v) is 3.45. The van der Waals surface area contributed by atoms with Crippen LogP contribution in [0.2, 0.25) is 0 Å². The number of carbonyl (C=O) groups is 2. The van der Waals surface area contributed by atoms with E-state index < -0.39 is 22.6 Å². The van der Waals surface area contributed by atoms with Crippen LogP contribution >= 0.6 is 0 Å². The number of ether oxygens (including phenoxy) is 2. The van der Waals surface area contributed by atoms with E-state index in [1.165, 1.54) is 0 Å². The Morgan fingerprint density at radius 2 is 1.81 bits per heavy atom. The lowest BCUT2D eigenvalue weighted by molar-refractivity contribution is -0.154. The molecule has 6 heteroatoms. The molecule has 0 aromatic carbocycles. The second-order valence-electron chi connectivity index (χ2n) is 7.58. The molecular formula is C15H27NO5. The van der Waals surface area contributed by atoms with Crippen LogP contribution in [-0.2, 0) is 14.3 Å². The van der Waals surface area contributed by atoms with E-state index in [0.29, 0.717) is 19.5 Å². The lowest BCUT2D eigenvalue weighted by Crippen LogP contribution is -2.41. The average Bonchev–Trinajstić information content (AvgIpc) is 2.68. The maximum absolute atomic E-state index is 12.0. The largest absolute Gasteiger partial charge is 0.481 e. The third-order valence-electron chi connectivity index (χ3n) is 3.45. The zero-order valence-corrected chi connectivity index (χ0v) is 13.9. The van der Waals surface area contributed by atoms with E-state index in [1.807, 2.05) is 27.7 Å². The highest BCUT2D eigenvalue weighted by molar-refractivity contribution is 5.73. The maximum Gasteiger partial charge on any atom is 0.410 e. The zero-order chi connectivity index (χ0) is 16.5. The van der Waals surface area contributed by atoms with Gasteiger partial charge in [-0.3, -0.25) is 4.79 Å². The highest BCUT2D eigenvalue weighted by atomic mass is 16.6. The van der Waals surface area contributed by atoms with Crippen LogP contribution in [0.4, 0.5) is 4.79 Å². The molecule has 1 heterocycles. The molecule has 1 fully saturated rings. The predicted octanol–water partition coefficient (Wildman–Crippen LogP) is 2.51. The van der Waals surface area contributed by atoms with Crippen LogP contribution in [0.5, 0.6) is 0 Å². The molecule has 21 heavy (non-hydrogen) atoms. The molecule has 0 aromatic heterocycles. The summed E-state index contributed by atoms with van der Waals surface area (Å²) >= 11 is 0. The molecule has 0 aliphatic carbocycles. The molecule has 1 aliphatic rings. The SMILES string of the molecule is CC(C)(C)OC(=O)N1CCC(C)(OCC(C)(C)C(=O)O)C1. The monoisotopic (exact) mass is 301 g/mol. The zero-order valence-electron chi connectivity index (χ0n) is 13.9. The van der Waals surface area contributed by atoms with Crippen molar-refractivity contribution in [2.45, 2.75) is 59.2 Å². The lowest BCUT2D eigenvalue weighted by Gasteiger charge is -2.30. The molecule has 0 bridgehead atoms. The number of aliphatic carboxylic acids is 1. The van der Waals surface area contributed by atoms with Crippen LogP contribution in [0.3, 0.4) is 0 Å². The number of carboxylic acids is 1. The number of carbonyl (C=O) groups excluding carboxylic acids is 1. The third kappa shape index (κ3) is 5.19. The molecule has 1 amide bonds. The summed E-state index contributed by atoms with van der Waals surface area (Å²) in [5.74, 6) is -0.895. The Labute approximate surface area is 126 Å². The van der Waals surface area contributed by atoms with Crippen LogP contribution in [-0.4, -0.2) is 53.0 Å². The Morgan fingerprint density at radius 1 is 1.24 bits per heavy atom. The van der Waals surface area contributed by atoms with Crippen molar-refractivity contribution in [2.75, 3.05) is 19.7 Å². The molecule has 1 atom stereocenters. The van der Waals surface area contributed by atoms with Gasteiger partial charge in [0.15, 0.2) is 0 Å². The standard InChI is InChI=1S/C15H27NO5/c1-13(2,3)21-12(19)16-8-7-15(6,9-16)20-10-14(4,5)11(17)18/h7-10H2,1-6H3,(H,17,18). The average molecular weight is 301 g/mol. The Hall–Kier alpha value is -1.30. The molecule has 1 rings (SSSR count). The summed E-state index contributed by atoms with van der Waals surface area (Å²) in [6.45, 7) is 11.7. The van der Waals surface area contributed by atoms with Gasteiger partial charge in [-0.15, -0.1) is 0 Å². The Balaban J connectivity index is 2.56. The van der Waals surface area contributed by atoms with Crippen LogP contribution in [0.15, 0.2) is 0 Å². The van der Waals surface area contributed by atoms with E-state index in [2.05, 4.69) is 0 Å². The smallest absolute Gasteiger partial charge is 0.410 e. The minimum Gasteiger partial charge on any atom is -0.481 e. The van der Waals surface area contributed by atoms with E-state index in [0.717, 1.165) is 0 Å². The summed E-state index contributed by atoms with van der Waals surface area (Å²) in [4.78, 5) is 24.7. The first-order valence-electron chi connectivity index (χ1n) is 7.20. The van der Waals surface area contributed by atoms with Crippen LogP contribution in [0.1, 0.15) is 48.0 Å². The van der Waals surface area contributed by atoms with Crippen molar-refractivity contribution < 1.29 is 24.2 Å². The molecule has 6 nitrogen and oxygen atoms in total. The van der Waals surface area contributed by atoms with Gasteiger partial charge in [-0.25, -0.2) is 4.79 Å². The minimum atomic E-state index is -0.942. The van der Waals surface area contributed by atoms with Gasteiger partial charge >= 0.3 is 12.1 Å². The van der Waals surface area contributed by atoms with Crippen molar-refractivity contribution in [3.63, 3.8) is 0 Å². The molecule has 0 spiro atoms. The summed E-state index contributed by atoms with van der Waals surface area (Å²) in [6, 6.07) is 0. The van der Waals surface area contributed by atoms with Gasteiger partial charge in [-0.2, -0.15) is 0 Å². The molecule has 122 valence electrons. The normalized spacial score (nSPS) is 23.2. The van der Waals surface area contributed by atoms with Gasteiger partial charge in [-0.1, -0.05) is 0 Å². The number of amides is 1. The molecule has 0 saturated carbocycles. The highest BCUT2D eigenvalue weighted by Gasteiger charge is 2.40. The Morgan fingerprint density at radius 3 is 2.29 bits per heavy atom. The first kappa shape index (κ1) is 17.8. The fourth-order valence-corrected chi connectivity index (χ4v) is 1.95. The van der Waals surface area contributed by atoms with Crippen molar-refractivity contribution in [3.8, 4) is 0 Å². The topological polar surface area (TPSA) is 76.1 Å². The van der Waals surface area contributed by atoms with Gasteiger partial charge in [0, 0.05) is 6.54 Å². The fourth-order valence-electron chi connectivity index (χ4n) is 1.95. The van der Waals surface area contributed by atoms with Gasteiger partial charge in [-0.05, 0) is 48.0 Å². The molecule has 1 saturated heterocycles. The number of nitrogens with zero attached hydrogens (tertiary/aromatic N) is 1. The second kappa shape index (κ2) is 5.83. The molecular weight excluding hydrogens is 274 g/mol. The lowest BCUT2D eigenvalue weighted by atomic mass is 9.94. The fraction of sp³-hybridized carbons (Fsp3) is 0.867. The summed E-state index contributed by atoms with van der Waals surface area (Å²) in [5, 5.41) is 9.10. The van der Waals surface area contributed by atoms with Crippen molar-refractivity contribution in [3.05, 3.63) is 0 Å². The van der Waals surface area contributed by atoms with E-state index in [-0.39, 0.29) is 12.7 Å². The van der Waals surface area contributed by atoms with Crippen LogP contribution in [0, 0.1) is 5.41 Å². The number of rotatable bonds is 4. The van der Waals surface area contributed by atoms with Crippen molar-refractivity contribution in [1.82, 2.24) is 4.90 Å². The molecule has 0 radical (unpaired) electrons. The van der Waals surface area contributed by atoms with Crippen LogP contribution in [0.25, 0.3) is 0 Å². The summed E-state index contributed by atoms with van der Waals surface area (Å²) in [6.07, 6.45) is 0.314. The number of hydrogen-bond donors (Lipinski definition) is 1. The number of carboxylic acid groups (broad SMARTS) is 1. The highest BCUT2D eigenvalue weighted by Crippen LogP contribution is 2.29. The Kier molecular flexibility index (Phi) is 4.93. The Bertz CT molecular complexity index is 413. The van der Waals surface area contributed by atoms with E-state index in [9.17, 15) is 9.59 Å². The summed E-state index contributed by atoms with van der Waals surface area (Å²) in [7, 11) is 0. The van der Waals surface area contributed by atoms with Gasteiger partial charge in [0.1, 0.15) is 5.60 Å². The molecule has 1 N–H and O–H groups in total. The molecule has 1 unspecified atom stereocenters. The van der Waals surface area contributed by atoms with Gasteiger partial charge in [0.25, 0.3) is 0 Å². The van der Waals surface area contributed by atoms with E-state index >= 15 is 0 Å². The van der Waals surface area contributed by atoms with Gasteiger partial charge < -0.3 is 19.5 Å². The van der Waals surface area contributed by atoms with Crippen molar-refractivity contribution in [1.29, 1.82) is 0 Å². The first-order chi connectivity index (χ1) is 9.35. The van der Waals surface area contributed by atoms with Gasteiger partial charge in [0.2, 0.25) is 0 Å². The van der Waals surface area contributed by atoms with Crippen molar-refractivity contribution >= 4 is 12.1 Å². The predicted molar refractivity (Wildman–Crippen MR) is 78.2 cm³/mol. The summed E-state index contributed by atoms with van der Waals surface area (Å²) < 4.78 is 11.1. The molecule has 1 aliphatic heterocycles. The first-order valence-corrected chi connectivity index (χ1v) is 7.20. The van der Waals surface area contributed by atoms with Crippen molar-refractivity contribution in [2.24, 2.45) is 5.41 Å².